The van der Waals surface area contributed by atoms with Gasteiger partial charge in [-0.3, -0.25) is 14.6 Å². The predicted octanol–water partition coefficient (Wildman–Crippen LogP) is 5.56. The van der Waals surface area contributed by atoms with Crippen LogP contribution < -0.4 is 9.64 Å². The second-order valence-corrected chi connectivity index (χ2v) is 9.24. The minimum atomic E-state index is -4.89. The maximum absolute atomic E-state index is 12.6. The lowest BCUT2D eigenvalue weighted by Gasteiger charge is -2.37. The largest absolute Gasteiger partial charge is 0.573 e. The second-order valence-electron chi connectivity index (χ2n) is 8.42. The zero-order chi connectivity index (χ0) is 25.2. The van der Waals surface area contributed by atoms with Crippen LogP contribution in [0.4, 0.5) is 23.7 Å². The van der Waals surface area contributed by atoms with Gasteiger partial charge >= 0.3 is 12.5 Å². The van der Waals surface area contributed by atoms with Gasteiger partial charge in [-0.05, 0) is 35.4 Å². The van der Waals surface area contributed by atoms with Crippen LogP contribution >= 0.6 is 23.2 Å². The number of alkyl halides is 3. The smallest absolute Gasteiger partial charge is 0.463 e. The maximum atomic E-state index is 12.6. The first kappa shape index (κ1) is 25.4. The summed E-state index contributed by atoms with van der Waals surface area (Å²) in [5, 5.41) is -0.440. The minimum absolute atomic E-state index is 0.155. The summed E-state index contributed by atoms with van der Waals surface area (Å²) in [4.78, 5) is 26.6. The Morgan fingerprint density at radius 3 is 2.26 bits per heavy atom. The molecule has 0 aliphatic carbocycles. The van der Waals surface area contributed by atoms with Crippen molar-refractivity contribution >= 4 is 41.5 Å². The van der Waals surface area contributed by atoms with Gasteiger partial charge < -0.3 is 14.2 Å². The zero-order valence-electron chi connectivity index (χ0n) is 18.3. The van der Waals surface area contributed by atoms with Gasteiger partial charge in [-0.15, -0.1) is 13.2 Å². The molecule has 7 nitrogen and oxygen atoms in total. The number of hydrogen-bond acceptors (Lipinski definition) is 6. The Bertz CT molecular complexity index is 1070. The van der Waals surface area contributed by atoms with Crippen molar-refractivity contribution in [2.45, 2.75) is 38.0 Å². The van der Waals surface area contributed by atoms with Crippen LogP contribution in [0.1, 0.15) is 24.0 Å². The summed E-state index contributed by atoms with van der Waals surface area (Å²) in [6.07, 6.45) is -4.13. The van der Waals surface area contributed by atoms with Crippen LogP contribution in [0.25, 0.3) is 0 Å². The van der Waals surface area contributed by atoms with Crippen molar-refractivity contribution in [2.24, 2.45) is 0 Å². The molecule has 0 aromatic heterocycles. The fourth-order valence-electron chi connectivity index (χ4n) is 4.28. The van der Waals surface area contributed by atoms with Crippen molar-refractivity contribution in [3.05, 3.63) is 57.6 Å². The molecule has 35 heavy (non-hydrogen) atoms. The zero-order valence-corrected chi connectivity index (χ0v) is 19.8. The molecule has 1 amide bonds. The van der Waals surface area contributed by atoms with E-state index in [1.165, 1.54) is 12.1 Å². The number of piperidine rings is 1. The van der Waals surface area contributed by atoms with E-state index in [9.17, 15) is 22.8 Å². The third-order valence-corrected chi connectivity index (χ3v) is 6.55. The summed E-state index contributed by atoms with van der Waals surface area (Å²) in [5.41, 5.74) is 1.52. The summed E-state index contributed by atoms with van der Waals surface area (Å²) < 4.78 is 52.0. The quantitative estimate of drug-likeness (QED) is 0.435. The van der Waals surface area contributed by atoms with Crippen molar-refractivity contribution in [1.82, 2.24) is 4.90 Å². The first-order valence-electron chi connectivity index (χ1n) is 10.7. The molecule has 0 bridgehead atoms. The van der Waals surface area contributed by atoms with E-state index in [1.54, 1.807) is 29.2 Å². The Labute approximate surface area is 209 Å². The van der Waals surface area contributed by atoms with Gasteiger partial charge in [-0.25, -0.2) is 4.79 Å². The summed E-state index contributed by atoms with van der Waals surface area (Å²) in [6, 6.07) is 9.92. The summed E-state index contributed by atoms with van der Waals surface area (Å²) in [7, 11) is 0. The molecule has 2 aromatic rings. The monoisotopic (exact) mass is 532 g/mol. The predicted molar refractivity (Wildman–Crippen MR) is 122 cm³/mol. The minimum Gasteiger partial charge on any atom is -0.463 e. The van der Waals surface area contributed by atoms with Crippen molar-refractivity contribution in [3.8, 4) is 5.75 Å². The highest BCUT2D eigenvalue weighted by Gasteiger charge is 2.47. The van der Waals surface area contributed by atoms with Gasteiger partial charge in [0, 0.05) is 38.2 Å². The van der Waals surface area contributed by atoms with Gasteiger partial charge in [0.25, 0.3) is 6.47 Å². The van der Waals surface area contributed by atoms with Gasteiger partial charge in [0.1, 0.15) is 12.2 Å². The third kappa shape index (κ3) is 6.12. The number of carbonyl (C=O) groups excluding carboxylic acids is 2. The molecular formula is C23H21Cl2F3N2O5. The van der Waals surface area contributed by atoms with E-state index in [1.807, 2.05) is 0 Å². The van der Waals surface area contributed by atoms with Crippen molar-refractivity contribution in [2.75, 3.05) is 24.5 Å². The molecule has 2 aromatic carbocycles. The Kier molecular flexibility index (Phi) is 7.35. The molecule has 0 N–H and O–H groups in total. The molecule has 2 heterocycles. The lowest BCUT2D eigenvalue weighted by molar-refractivity contribution is -0.274. The van der Waals surface area contributed by atoms with E-state index in [4.69, 9.17) is 32.7 Å². The number of hydrogen-bond donors (Lipinski definition) is 0. The summed E-state index contributed by atoms with van der Waals surface area (Å²) >= 11 is 11.9. The molecule has 0 radical (unpaired) electrons. The molecule has 2 aliphatic heterocycles. The molecule has 0 saturated carbocycles. The molecule has 0 atom stereocenters. The Morgan fingerprint density at radius 2 is 1.69 bits per heavy atom. The van der Waals surface area contributed by atoms with E-state index >= 15 is 0 Å². The average Bonchev–Trinajstić information content (AvgIpc) is 3.12. The fourth-order valence-corrected chi connectivity index (χ4v) is 4.89. The second kappa shape index (κ2) is 10.1. The molecule has 2 aliphatic rings. The van der Waals surface area contributed by atoms with Crippen molar-refractivity contribution < 1.29 is 37.0 Å². The fraction of sp³-hybridized carbons (Fsp3) is 0.391. The van der Waals surface area contributed by atoms with Crippen LogP contribution in [0.2, 0.25) is 10.0 Å². The number of anilines is 1. The highest BCUT2D eigenvalue weighted by molar-refractivity contribution is 6.37. The van der Waals surface area contributed by atoms with Crippen LogP contribution in [0.15, 0.2) is 36.4 Å². The first-order chi connectivity index (χ1) is 16.6. The number of rotatable bonds is 7. The van der Waals surface area contributed by atoms with E-state index in [-0.39, 0.29) is 16.7 Å². The Hall–Kier alpha value is -2.69. The van der Waals surface area contributed by atoms with Gasteiger partial charge in [-0.1, -0.05) is 35.3 Å². The molecule has 12 heteroatoms. The number of carbonyl (C=O) groups is 2. The highest BCUT2D eigenvalue weighted by atomic mass is 35.5. The SMILES string of the molecule is O=COCc1ccc(N2CC3(CCN(Cc4cc(Cl)c(OC(F)(F)F)c(Cl)c4)CC3)OC2=O)cc1. The van der Waals surface area contributed by atoms with E-state index in [0.717, 1.165) is 5.56 Å². The lowest BCUT2D eigenvalue weighted by Crippen LogP contribution is -2.46. The van der Waals surface area contributed by atoms with E-state index in [2.05, 4.69) is 9.64 Å². The van der Waals surface area contributed by atoms with Gasteiger partial charge in [0.05, 0.1) is 16.6 Å². The summed E-state index contributed by atoms with van der Waals surface area (Å²) in [6.45, 7) is 2.58. The Morgan fingerprint density at radius 1 is 1.06 bits per heavy atom. The molecule has 0 unspecified atom stereocenters. The van der Waals surface area contributed by atoms with Crippen LogP contribution in [0, 0.1) is 0 Å². The third-order valence-electron chi connectivity index (χ3n) is 5.99. The molecular weight excluding hydrogens is 512 g/mol. The number of nitrogens with zero attached hydrogens (tertiary/aromatic N) is 2. The molecule has 4 rings (SSSR count). The van der Waals surface area contributed by atoms with Crippen molar-refractivity contribution in [1.29, 1.82) is 0 Å². The normalized spacial score (nSPS) is 18.0. The summed E-state index contributed by atoms with van der Waals surface area (Å²) in [5.74, 6) is -0.621. The Balaban J connectivity index is 1.35. The topological polar surface area (TPSA) is 68.3 Å². The van der Waals surface area contributed by atoms with Crippen LogP contribution in [-0.4, -0.2) is 49.1 Å². The van der Waals surface area contributed by atoms with Crippen LogP contribution in [-0.2, 0) is 27.4 Å². The van der Waals surface area contributed by atoms with Crippen molar-refractivity contribution in [3.63, 3.8) is 0 Å². The number of likely N-dealkylation sites (tertiary alicyclic amines) is 1. The standard InChI is InChI=1S/C23H21Cl2F3N2O5/c24-18-9-16(10-19(25)20(18)34-23(26,27)28)11-29-7-5-22(6-8-29)13-30(21(32)35-22)17-3-1-15(2-4-17)12-33-14-31/h1-4,9-10,14H,5-8,11-13H2. The lowest BCUT2D eigenvalue weighted by atomic mass is 9.91. The number of benzene rings is 2. The molecule has 2 saturated heterocycles. The van der Waals surface area contributed by atoms with E-state index in [0.29, 0.717) is 56.7 Å². The number of amides is 1. The molecule has 1 spiro atoms. The van der Waals surface area contributed by atoms with Gasteiger partial charge in [-0.2, -0.15) is 0 Å². The average molecular weight is 533 g/mol. The van der Waals surface area contributed by atoms with Gasteiger partial charge in [0.2, 0.25) is 0 Å². The van der Waals surface area contributed by atoms with Crippen LogP contribution in [0.5, 0.6) is 5.75 Å². The first-order valence-corrected chi connectivity index (χ1v) is 11.4. The molecule has 188 valence electrons. The maximum Gasteiger partial charge on any atom is 0.573 e. The highest BCUT2D eigenvalue weighted by Crippen LogP contribution is 2.39. The van der Waals surface area contributed by atoms with E-state index < -0.39 is 23.8 Å². The number of ether oxygens (including phenoxy) is 3. The number of halogens is 5. The van der Waals surface area contributed by atoms with Gasteiger partial charge in [0.15, 0.2) is 5.75 Å². The van der Waals surface area contributed by atoms with Crippen LogP contribution in [0.3, 0.4) is 0 Å². The molecule has 2 fully saturated rings.